The third-order valence-corrected chi connectivity index (χ3v) is 4.87. The molecule has 1 saturated carbocycles. The zero-order valence-corrected chi connectivity index (χ0v) is 16.9. The summed E-state index contributed by atoms with van der Waals surface area (Å²) in [6, 6.07) is 14.1. The first-order chi connectivity index (χ1) is 14.7. The van der Waals surface area contributed by atoms with Crippen LogP contribution in [-0.4, -0.2) is 27.2 Å². The molecule has 152 valence electrons. The highest BCUT2D eigenvalue weighted by Gasteiger charge is 2.30. The van der Waals surface area contributed by atoms with Gasteiger partial charge in [-0.25, -0.2) is 4.52 Å². The molecule has 0 atom stereocenters. The molecule has 1 fully saturated rings. The van der Waals surface area contributed by atoms with Gasteiger partial charge in [0.05, 0.1) is 11.4 Å². The number of carbonyl (C=O) groups is 1. The molecule has 0 aliphatic heterocycles. The van der Waals surface area contributed by atoms with Crippen molar-refractivity contribution >= 4 is 24.2 Å². The van der Waals surface area contributed by atoms with Crippen molar-refractivity contribution < 1.29 is 4.79 Å². The Bertz CT molecular complexity index is 1120. The molecule has 2 aromatic heterocycles. The Hall–Kier alpha value is -3.74. The lowest BCUT2D eigenvalue weighted by Gasteiger charge is -2.08. The summed E-state index contributed by atoms with van der Waals surface area (Å²) in [5.41, 5.74) is 4.68. The maximum absolute atomic E-state index is 12.0. The number of carbonyl (C=O) groups excluding carboxylic acids is 1. The molecular weight excluding hydrogens is 376 g/mol. The number of hydrogen-bond acceptors (Lipinski definition) is 5. The minimum atomic E-state index is 0.00213. The first-order valence-corrected chi connectivity index (χ1v) is 9.96. The number of fused-ring (bicyclic) bond motifs is 1. The average Bonchev–Trinajstić information content (AvgIpc) is 3.53. The quantitative estimate of drug-likeness (QED) is 0.443. The summed E-state index contributed by atoms with van der Waals surface area (Å²) in [6.07, 6.45) is 7.49. The molecule has 4 rings (SSSR count). The van der Waals surface area contributed by atoms with Crippen LogP contribution >= 0.6 is 0 Å². The molecule has 0 bridgehead atoms. The van der Waals surface area contributed by atoms with Gasteiger partial charge in [-0.3, -0.25) is 15.1 Å². The first kappa shape index (κ1) is 19.6. The van der Waals surface area contributed by atoms with Crippen molar-refractivity contribution in [2.24, 2.45) is 10.9 Å². The number of nitrogens with zero attached hydrogens (tertiary/aromatic N) is 4. The van der Waals surface area contributed by atoms with E-state index in [-0.39, 0.29) is 11.8 Å². The van der Waals surface area contributed by atoms with Gasteiger partial charge in [0.2, 0.25) is 11.9 Å². The molecule has 3 aromatic rings. The van der Waals surface area contributed by atoms with Crippen LogP contribution < -0.4 is 10.6 Å². The van der Waals surface area contributed by atoms with Crippen LogP contribution in [0.3, 0.4) is 0 Å². The Morgan fingerprint density at radius 2 is 2.07 bits per heavy atom. The number of allylic oxidation sites excluding steroid dienone is 2. The second-order valence-electron chi connectivity index (χ2n) is 7.20. The number of benzene rings is 1. The Kier molecular flexibility index (Phi) is 5.70. The van der Waals surface area contributed by atoms with E-state index in [1.54, 1.807) is 10.7 Å². The number of amides is 1. The summed E-state index contributed by atoms with van der Waals surface area (Å²) >= 11 is 0. The van der Waals surface area contributed by atoms with E-state index in [1.165, 1.54) is 0 Å². The largest absolute Gasteiger partial charge is 0.380 e. The second kappa shape index (κ2) is 8.73. The van der Waals surface area contributed by atoms with Gasteiger partial charge in [-0.2, -0.15) is 4.98 Å². The van der Waals surface area contributed by atoms with Crippen molar-refractivity contribution in [3.63, 3.8) is 0 Å². The lowest BCUT2D eigenvalue weighted by molar-refractivity contribution is -0.117. The van der Waals surface area contributed by atoms with Crippen molar-refractivity contribution in [2.75, 3.05) is 5.32 Å². The van der Waals surface area contributed by atoms with Crippen LogP contribution in [-0.2, 0) is 11.3 Å². The lowest BCUT2D eigenvalue weighted by atomic mass is 10.1. The van der Waals surface area contributed by atoms with Gasteiger partial charge in [0.15, 0.2) is 5.65 Å². The number of rotatable bonds is 8. The van der Waals surface area contributed by atoms with Crippen LogP contribution in [0.15, 0.2) is 71.5 Å². The first-order valence-electron chi connectivity index (χ1n) is 9.96. The third-order valence-electron chi connectivity index (χ3n) is 4.87. The van der Waals surface area contributed by atoms with Crippen molar-refractivity contribution in [1.82, 2.24) is 19.9 Å². The summed E-state index contributed by atoms with van der Waals surface area (Å²) in [5.74, 6) is 0.462. The highest BCUT2D eigenvalue weighted by molar-refractivity contribution is 5.92. The van der Waals surface area contributed by atoms with E-state index in [2.05, 4.69) is 56.7 Å². The molecule has 7 heteroatoms. The molecule has 1 aliphatic carbocycles. The molecule has 0 unspecified atom stereocenters. The maximum atomic E-state index is 12.0. The van der Waals surface area contributed by atoms with Gasteiger partial charge in [0, 0.05) is 24.2 Å². The smallest absolute Gasteiger partial charge is 0.249 e. The fourth-order valence-electron chi connectivity index (χ4n) is 3.16. The van der Waals surface area contributed by atoms with Crippen LogP contribution in [0, 0.1) is 5.92 Å². The summed E-state index contributed by atoms with van der Waals surface area (Å²) in [7, 11) is 0. The molecule has 1 aliphatic rings. The van der Waals surface area contributed by atoms with Crippen molar-refractivity contribution in [1.29, 1.82) is 0 Å². The van der Waals surface area contributed by atoms with E-state index in [9.17, 15) is 4.79 Å². The second-order valence-corrected chi connectivity index (χ2v) is 7.20. The minimum Gasteiger partial charge on any atom is -0.380 e. The molecular formula is C23H24N6O. The van der Waals surface area contributed by atoms with Gasteiger partial charge in [0.1, 0.15) is 0 Å². The normalized spacial score (nSPS) is 14.2. The molecule has 0 spiro atoms. The number of aromatic nitrogens is 3. The molecule has 1 aromatic carbocycles. The van der Waals surface area contributed by atoms with Gasteiger partial charge >= 0.3 is 0 Å². The standard InChI is InChI=1S/C23H24N6O/c1-3-5-19(15-24-2)25-14-16-8-10-17(11-9-16)20-6-4-7-21-26-23(28-29(20)21)27-22(30)18-12-13-18/h3-11,15,18,25H,2,12-14H2,1H3,(H,27,28,30)/b5-3-,19-15+. The fraction of sp³-hybridized carbons (Fsp3) is 0.217. The van der Waals surface area contributed by atoms with E-state index >= 15 is 0 Å². The molecule has 1 amide bonds. The average molecular weight is 400 g/mol. The predicted molar refractivity (Wildman–Crippen MR) is 119 cm³/mol. The van der Waals surface area contributed by atoms with E-state index in [0.29, 0.717) is 18.1 Å². The van der Waals surface area contributed by atoms with Crippen LogP contribution in [0.2, 0.25) is 0 Å². The maximum Gasteiger partial charge on any atom is 0.249 e. The zero-order chi connectivity index (χ0) is 20.9. The Labute approximate surface area is 175 Å². The third kappa shape index (κ3) is 4.46. The topological polar surface area (TPSA) is 83.7 Å². The van der Waals surface area contributed by atoms with Crippen LogP contribution in [0.4, 0.5) is 5.95 Å². The monoisotopic (exact) mass is 400 g/mol. The Morgan fingerprint density at radius 1 is 1.27 bits per heavy atom. The van der Waals surface area contributed by atoms with Crippen LogP contribution in [0.25, 0.3) is 16.9 Å². The zero-order valence-electron chi connectivity index (χ0n) is 16.9. The fourth-order valence-corrected chi connectivity index (χ4v) is 3.16. The molecule has 7 nitrogen and oxygen atoms in total. The Morgan fingerprint density at radius 3 is 2.77 bits per heavy atom. The Balaban J connectivity index is 1.52. The number of nitrogens with one attached hydrogen (secondary N) is 2. The summed E-state index contributed by atoms with van der Waals surface area (Å²) in [5, 5.41) is 10.6. The molecule has 0 radical (unpaired) electrons. The van der Waals surface area contributed by atoms with Crippen LogP contribution in [0.1, 0.15) is 25.3 Å². The molecule has 0 saturated heterocycles. The molecule has 2 N–H and O–H groups in total. The highest BCUT2D eigenvalue weighted by Crippen LogP contribution is 2.30. The molecule has 2 heterocycles. The summed E-state index contributed by atoms with van der Waals surface area (Å²) in [6.45, 7) is 6.14. The SMILES string of the molecule is C=N/C=C(\C=C/C)NCc1ccc(-c2cccc3nc(NC(=O)C4CC4)nn23)cc1. The highest BCUT2D eigenvalue weighted by atomic mass is 16.2. The van der Waals surface area contributed by atoms with E-state index in [1.807, 2.05) is 37.3 Å². The van der Waals surface area contributed by atoms with Gasteiger partial charge in [-0.1, -0.05) is 36.4 Å². The van der Waals surface area contributed by atoms with Crippen molar-refractivity contribution in [3.05, 3.63) is 72.1 Å². The number of aliphatic imine (C=N–C) groups is 1. The molecule has 30 heavy (non-hydrogen) atoms. The minimum absolute atomic E-state index is 0.00213. The van der Waals surface area contributed by atoms with E-state index in [4.69, 9.17) is 0 Å². The van der Waals surface area contributed by atoms with Gasteiger partial charge in [-0.05, 0) is 50.3 Å². The number of pyridine rings is 1. The number of anilines is 1. The van der Waals surface area contributed by atoms with Crippen LogP contribution in [0.5, 0.6) is 0 Å². The van der Waals surface area contributed by atoms with Gasteiger partial charge in [-0.15, -0.1) is 5.10 Å². The lowest BCUT2D eigenvalue weighted by Crippen LogP contribution is -2.14. The van der Waals surface area contributed by atoms with Gasteiger partial charge < -0.3 is 5.32 Å². The van der Waals surface area contributed by atoms with E-state index in [0.717, 1.165) is 35.4 Å². The van der Waals surface area contributed by atoms with E-state index < -0.39 is 0 Å². The number of hydrogen-bond donors (Lipinski definition) is 2. The summed E-state index contributed by atoms with van der Waals surface area (Å²) in [4.78, 5) is 20.3. The van der Waals surface area contributed by atoms with Gasteiger partial charge in [0.25, 0.3) is 0 Å². The predicted octanol–water partition coefficient (Wildman–Crippen LogP) is 3.95. The summed E-state index contributed by atoms with van der Waals surface area (Å²) < 4.78 is 1.76. The van der Waals surface area contributed by atoms with Crippen molar-refractivity contribution in [3.8, 4) is 11.3 Å². The van der Waals surface area contributed by atoms with Crippen molar-refractivity contribution in [2.45, 2.75) is 26.3 Å².